The molecule has 5 rings (SSSR count). The summed E-state index contributed by atoms with van der Waals surface area (Å²) in [4.78, 5) is 15.3. The average molecular weight is 636 g/mol. The van der Waals surface area contributed by atoms with E-state index in [9.17, 15) is 31.5 Å². The van der Waals surface area contributed by atoms with Crippen molar-refractivity contribution in [3.8, 4) is 22.8 Å². The molecule has 2 aliphatic rings. The molecule has 1 N–H and O–H groups in total. The molecular weight excluding hydrogens is 603 g/mol. The summed E-state index contributed by atoms with van der Waals surface area (Å²) in [5, 5.41) is 9.19. The zero-order valence-electron chi connectivity index (χ0n) is 24.0. The summed E-state index contributed by atoms with van der Waals surface area (Å²) in [6.45, 7) is 4.21. The van der Waals surface area contributed by atoms with Crippen molar-refractivity contribution in [3.63, 3.8) is 0 Å². The largest absolute Gasteiger partial charge is 0.494 e. The highest BCUT2D eigenvalue weighted by molar-refractivity contribution is 7.99. The number of thioether (sulfide) groups is 1. The Morgan fingerprint density at radius 1 is 1.16 bits per heavy atom. The van der Waals surface area contributed by atoms with Crippen LogP contribution in [0.25, 0.3) is 11.1 Å². The van der Waals surface area contributed by atoms with Gasteiger partial charge < -0.3 is 14.6 Å². The van der Waals surface area contributed by atoms with E-state index in [1.54, 1.807) is 0 Å². The fraction of sp³-hybridized carbons (Fsp3) is 0.419. The van der Waals surface area contributed by atoms with Gasteiger partial charge in [-0.1, -0.05) is 18.2 Å². The van der Waals surface area contributed by atoms with Crippen LogP contribution in [0, 0.1) is 13.8 Å². The predicted molar refractivity (Wildman–Crippen MR) is 158 cm³/mol. The van der Waals surface area contributed by atoms with Crippen LogP contribution >= 0.6 is 11.8 Å². The number of aliphatic carboxylic acids is 1. The number of hydrogen-bond acceptors (Lipinski definition) is 7. The summed E-state index contributed by atoms with van der Waals surface area (Å²) in [6.07, 6.45) is -1.59. The lowest BCUT2D eigenvalue weighted by Gasteiger charge is -2.21. The number of halogens is 3. The van der Waals surface area contributed by atoms with Crippen LogP contribution in [0.15, 0.2) is 41.4 Å². The molecule has 7 nitrogen and oxygen atoms in total. The fourth-order valence-electron chi connectivity index (χ4n) is 5.98. The third-order valence-electron chi connectivity index (χ3n) is 7.77. The van der Waals surface area contributed by atoms with Gasteiger partial charge in [-0.25, -0.2) is 13.4 Å². The molecule has 230 valence electrons. The Labute approximate surface area is 252 Å². The molecule has 0 fully saturated rings. The lowest BCUT2D eigenvalue weighted by Crippen LogP contribution is -2.15. The van der Waals surface area contributed by atoms with Gasteiger partial charge in [-0.2, -0.15) is 13.2 Å². The van der Waals surface area contributed by atoms with Gasteiger partial charge in [-0.05, 0) is 84.2 Å². The number of carboxylic acids is 1. The van der Waals surface area contributed by atoms with Gasteiger partial charge in [0, 0.05) is 29.0 Å². The number of benzene rings is 2. The van der Waals surface area contributed by atoms with Gasteiger partial charge in [-0.3, -0.25) is 4.79 Å². The highest BCUT2D eigenvalue weighted by Gasteiger charge is 2.43. The normalized spacial score (nSPS) is 17.9. The first-order valence-corrected chi connectivity index (χ1v) is 16.9. The molecule has 2 unspecified atom stereocenters. The van der Waals surface area contributed by atoms with Gasteiger partial charge in [0.05, 0.1) is 18.8 Å². The van der Waals surface area contributed by atoms with Gasteiger partial charge in [0.1, 0.15) is 27.3 Å². The van der Waals surface area contributed by atoms with Crippen molar-refractivity contribution >= 4 is 27.6 Å². The van der Waals surface area contributed by atoms with Crippen LogP contribution in [0.1, 0.15) is 64.7 Å². The number of sulfone groups is 1. The van der Waals surface area contributed by atoms with Gasteiger partial charge in [-0.15, -0.1) is 11.8 Å². The zero-order valence-corrected chi connectivity index (χ0v) is 25.6. The fourth-order valence-corrected chi connectivity index (χ4v) is 8.02. The third kappa shape index (κ3) is 6.80. The van der Waals surface area contributed by atoms with E-state index in [-0.39, 0.29) is 29.4 Å². The standard InChI is InChI=1S/C31H32F3NO6S2/c1-17-12-20(40-10-5-11-43(3,38)39)13-18(2)27(17)23-7-4-6-22-21(23)8-9-25(22)41-30-28(31(32,33)34)29-24(15-35-30)19(16-42-29)14-26(36)37/h4,6-7,12-13,15,19,25H,5,8-11,14,16H2,1-3H3,(H,36,37). The maximum Gasteiger partial charge on any atom is 0.422 e. The summed E-state index contributed by atoms with van der Waals surface area (Å²) >= 11 is 1.000. The van der Waals surface area contributed by atoms with Crippen molar-refractivity contribution < 1.29 is 41.0 Å². The molecule has 1 aliphatic carbocycles. The predicted octanol–water partition coefficient (Wildman–Crippen LogP) is 6.93. The third-order valence-corrected chi connectivity index (χ3v) is 10.1. The van der Waals surface area contributed by atoms with E-state index in [1.165, 1.54) is 12.5 Å². The van der Waals surface area contributed by atoms with Crippen LogP contribution in [0.4, 0.5) is 13.2 Å². The molecule has 0 amide bonds. The Hall–Kier alpha value is -3.25. The number of carboxylic acid groups (broad SMARTS) is 1. The second-order valence-electron chi connectivity index (χ2n) is 11.1. The highest BCUT2D eigenvalue weighted by Crippen LogP contribution is 2.51. The molecular formula is C31H32F3NO6S2. The highest BCUT2D eigenvalue weighted by atomic mass is 32.2. The van der Waals surface area contributed by atoms with Crippen molar-refractivity contribution in [2.75, 3.05) is 24.4 Å². The van der Waals surface area contributed by atoms with E-state index >= 15 is 0 Å². The molecule has 0 saturated carbocycles. The summed E-state index contributed by atoms with van der Waals surface area (Å²) in [6, 6.07) is 9.56. The first-order valence-electron chi connectivity index (χ1n) is 13.9. The van der Waals surface area contributed by atoms with Gasteiger partial charge in [0.25, 0.3) is 0 Å². The Kier molecular flexibility index (Phi) is 8.72. The number of nitrogens with zero attached hydrogens (tertiary/aromatic N) is 1. The molecule has 2 aromatic carbocycles. The topological polar surface area (TPSA) is 103 Å². The molecule has 1 aromatic heterocycles. The summed E-state index contributed by atoms with van der Waals surface area (Å²) in [7, 11) is -3.06. The van der Waals surface area contributed by atoms with Gasteiger partial charge in [0.15, 0.2) is 0 Å². The first kappa shape index (κ1) is 31.2. The molecule has 0 spiro atoms. The number of alkyl halides is 3. The van der Waals surface area contributed by atoms with E-state index in [0.717, 1.165) is 45.1 Å². The molecule has 43 heavy (non-hydrogen) atoms. The molecule has 3 aromatic rings. The Morgan fingerprint density at radius 3 is 2.53 bits per heavy atom. The minimum Gasteiger partial charge on any atom is -0.494 e. The zero-order chi connectivity index (χ0) is 31.1. The summed E-state index contributed by atoms with van der Waals surface area (Å²) < 4.78 is 77.6. The Balaban J connectivity index is 1.41. The second-order valence-corrected chi connectivity index (χ2v) is 14.4. The number of aromatic nitrogens is 1. The Bertz CT molecular complexity index is 1650. The van der Waals surface area contributed by atoms with Crippen molar-refractivity contribution in [2.45, 2.75) is 62.6 Å². The van der Waals surface area contributed by atoms with Crippen molar-refractivity contribution in [1.29, 1.82) is 0 Å². The van der Waals surface area contributed by atoms with Gasteiger partial charge >= 0.3 is 12.1 Å². The SMILES string of the molecule is Cc1cc(OCCCS(C)(=O)=O)cc(C)c1-c1cccc2c1CCC2Oc1ncc2c(c1C(F)(F)F)SCC2CC(=O)O. The van der Waals surface area contributed by atoms with E-state index in [0.29, 0.717) is 30.6 Å². The van der Waals surface area contributed by atoms with Crippen LogP contribution in [0.5, 0.6) is 11.6 Å². The van der Waals surface area contributed by atoms with Crippen molar-refractivity contribution in [3.05, 3.63) is 69.9 Å². The summed E-state index contributed by atoms with van der Waals surface area (Å²) in [5.74, 6) is -1.14. The van der Waals surface area contributed by atoms with E-state index in [4.69, 9.17) is 9.47 Å². The maximum atomic E-state index is 14.3. The monoisotopic (exact) mass is 635 g/mol. The van der Waals surface area contributed by atoms with Crippen molar-refractivity contribution in [1.82, 2.24) is 4.98 Å². The number of hydrogen-bond donors (Lipinski definition) is 1. The van der Waals surface area contributed by atoms with Crippen LogP contribution in [0.3, 0.4) is 0 Å². The molecule has 0 radical (unpaired) electrons. The molecule has 2 atom stereocenters. The molecule has 0 saturated heterocycles. The lowest BCUT2D eigenvalue weighted by atomic mass is 9.90. The minimum absolute atomic E-state index is 0.000554. The van der Waals surface area contributed by atoms with Crippen LogP contribution < -0.4 is 9.47 Å². The van der Waals surface area contributed by atoms with Crippen LogP contribution in [0.2, 0.25) is 0 Å². The van der Waals surface area contributed by atoms with E-state index < -0.39 is 45.4 Å². The van der Waals surface area contributed by atoms with Crippen LogP contribution in [-0.4, -0.2) is 48.8 Å². The van der Waals surface area contributed by atoms with Gasteiger partial charge in [0.2, 0.25) is 5.88 Å². The lowest BCUT2D eigenvalue weighted by molar-refractivity contribution is -0.142. The molecule has 1 aliphatic heterocycles. The number of ether oxygens (including phenoxy) is 2. The van der Waals surface area contributed by atoms with E-state index in [2.05, 4.69) is 4.98 Å². The van der Waals surface area contributed by atoms with Crippen molar-refractivity contribution in [2.24, 2.45) is 0 Å². The number of carbonyl (C=O) groups is 1. The number of fused-ring (bicyclic) bond motifs is 2. The number of aryl methyl sites for hydroxylation is 2. The molecule has 0 bridgehead atoms. The maximum absolute atomic E-state index is 14.3. The minimum atomic E-state index is -4.72. The number of rotatable bonds is 10. The first-order chi connectivity index (χ1) is 20.2. The van der Waals surface area contributed by atoms with Crippen LogP contribution in [-0.2, 0) is 27.2 Å². The summed E-state index contributed by atoms with van der Waals surface area (Å²) in [5.41, 5.74) is 5.09. The molecule has 12 heteroatoms. The molecule has 2 heterocycles. The quantitative estimate of drug-likeness (QED) is 0.240. The Morgan fingerprint density at radius 2 is 1.88 bits per heavy atom. The average Bonchev–Trinajstić information content (AvgIpc) is 3.49. The van der Waals surface area contributed by atoms with E-state index in [1.807, 2.05) is 44.2 Å². The smallest absolute Gasteiger partial charge is 0.422 e. The number of pyridine rings is 1. The second kappa shape index (κ2) is 12.0.